The maximum Gasteiger partial charge on any atom is 0.256 e. The molecular weight excluding hydrogens is 298 g/mol. The van der Waals surface area contributed by atoms with Gasteiger partial charge < -0.3 is 0 Å². The lowest BCUT2D eigenvalue weighted by Crippen LogP contribution is -2.36. The van der Waals surface area contributed by atoms with Crippen LogP contribution >= 0.6 is 11.3 Å². The van der Waals surface area contributed by atoms with E-state index in [0.29, 0.717) is 11.5 Å². The van der Waals surface area contributed by atoms with Crippen LogP contribution in [0.2, 0.25) is 0 Å². The molecule has 0 saturated carbocycles. The highest BCUT2D eigenvalue weighted by Gasteiger charge is 2.21. The third-order valence-electron chi connectivity index (χ3n) is 4.16. The number of hydrogen-bond acceptors (Lipinski definition) is 6. The topological polar surface area (TPSA) is 63.9 Å². The fraction of sp³-hybridized carbons (Fsp3) is 0.600. The predicted molar refractivity (Wildman–Crippen MR) is 85.9 cm³/mol. The second-order valence-electron chi connectivity index (χ2n) is 5.97. The van der Waals surface area contributed by atoms with Gasteiger partial charge in [0.15, 0.2) is 0 Å². The van der Waals surface area contributed by atoms with Crippen molar-refractivity contribution in [2.24, 2.45) is 5.92 Å². The summed E-state index contributed by atoms with van der Waals surface area (Å²) >= 11 is 1.67. The fourth-order valence-electron chi connectivity index (χ4n) is 2.89. The number of nitrogens with zero attached hydrogens (tertiary/aromatic N) is 5. The van der Waals surface area contributed by atoms with Crippen molar-refractivity contribution in [3.8, 4) is 0 Å². The van der Waals surface area contributed by atoms with Gasteiger partial charge in [-0.25, -0.2) is 4.98 Å². The van der Waals surface area contributed by atoms with Gasteiger partial charge in [0, 0.05) is 18.3 Å². The quantitative estimate of drug-likeness (QED) is 0.857. The average molecular weight is 319 g/mol. The number of hydrogen-bond donors (Lipinski definition) is 0. The number of aromatic nitrogens is 4. The van der Waals surface area contributed by atoms with Crippen LogP contribution in [-0.4, -0.2) is 37.7 Å². The van der Waals surface area contributed by atoms with Crippen molar-refractivity contribution < 1.29 is 0 Å². The Morgan fingerprint density at radius 3 is 2.73 bits per heavy atom. The molecule has 2 aromatic heterocycles. The van der Waals surface area contributed by atoms with E-state index in [4.69, 9.17) is 0 Å². The van der Waals surface area contributed by atoms with E-state index >= 15 is 0 Å². The highest BCUT2D eigenvalue weighted by molar-refractivity contribution is 7.11. The van der Waals surface area contributed by atoms with Crippen molar-refractivity contribution >= 4 is 11.3 Å². The molecule has 0 spiro atoms. The van der Waals surface area contributed by atoms with Crippen LogP contribution in [0.15, 0.2) is 17.3 Å². The third kappa shape index (κ3) is 3.59. The molecule has 0 radical (unpaired) electrons. The molecule has 2 aromatic rings. The van der Waals surface area contributed by atoms with E-state index in [1.165, 1.54) is 0 Å². The molecule has 1 aliphatic rings. The van der Waals surface area contributed by atoms with Gasteiger partial charge in [0.25, 0.3) is 5.56 Å². The maximum absolute atomic E-state index is 12.0. The van der Waals surface area contributed by atoms with Gasteiger partial charge >= 0.3 is 0 Å². The molecule has 0 N–H and O–H groups in total. The van der Waals surface area contributed by atoms with E-state index in [9.17, 15) is 4.79 Å². The average Bonchev–Trinajstić information content (AvgIpc) is 2.91. The monoisotopic (exact) mass is 319 g/mol. The molecule has 1 fully saturated rings. The summed E-state index contributed by atoms with van der Waals surface area (Å²) in [6, 6.07) is 0. The van der Waals surface area contributed by atoms with Gasteiger partial charge in [-0.05, 0) is 45.7 Å². The molecule has 3 heterocycles. The summed E-state index contributed by atoms with van der Waals surface area (Å²) in [4.78, 5) is 18.6. The Kier molecular flexibility index (Phi) is 4.63. The van der Waals surface area contributed by atoms with Crippen molar-refractivity contribution in [3.63, 3.8) is 0 Å². The van der Waals surface area contributed by atoms with Crippen LogP contribution in [0.1, 0.15) is 28.4 Å². The van der Waals surface area contributed by atoms with E-state index in [2.05, 4.69) is 20.1 Å². The highest BCUT2D eigenvalue weighted by Crippen LogP contribution is 2.21. The van der Waals surface area contributed by atoms with Gasteiger partial charge in [-0.3, -0.25) is 14.3 Å². The van der Waals surface area contributed by atoms with Crippen LogP contribution in [-0.2, 0) is 13.1 Å². The minimum Gasteiger partial charge on any atom is -0.299 e. The van der Waals surface area contributed by atoms with Crippen LogP contribution in [0.4, 0.5) is 0 Å². The molecule has 6 nitrogen and oxygen atoms in total. The second-order valence-corrected chi connectivity index (χ2v) is 7.23. The molecule has 1 saturated heterocycles. The Morgan fingerprint density at radius 2 is 2.05 bits per heavy atom. The number of piperidine rings is 1. The van der Waals surface area contributed by atoms with Crippen molar-refractivity contribution in [3.05, 3.63) is 38.5 Å². The van der Waals surface area contributed by atoms with Gasteiger partial charge in [0.1, 0.15) is 10.0 Å². The van der Waals surface area contributed by atoms with Crippen molar-refractivity contribution in [2.45, 2.75) is 39.8 Å². The van der Waals surface area contributed by atoms with Gasteiger partial charge in [0.2, 0.25) is 0 Å². The Bertz CT molecular complexity index is 687. The largest absolute Gasteiger partial charge is 0.299 e. The summed E-state index contributed by atoms with van der Waals surface area (Å²) in [6.45, 7) is 7.58. The van der Waals surface area contributed by atoms with Crippen LogP contribution in [0, 0.1) is 19.8 Å². The number of likely N-dealkylation sites (tertiary alicyclic amines) is 1. The minimum absolute atomic E-state index is 0.0850. The van der Waals surface area contributed by atoms with Crippen LogP contribution < -0.4 is 5.56 Å². The SMILES string of the molecule is Cc1nnc(CN2CCC(Cn3cncc(C)c3=O)CC2)s1. The molecule has 0 unspecified atom stereocenters. The zero-order chi connectivity index (χ0) is 15.5. The summed E-state index contributed by atoms with van der Waals surface area (Å²) < 4.78 is 1.75. The summed E-state index contributed by atoms with van der Waals surface area (Å²) in [7, 11) is 0. The van der Waals surface area contributed by atoms with Crippen molar-refractivity contribution in [2.75, 3.05) is 13.1 Å². The first-order chi connectivity index (χ1) is 10.6. The van der Waals surface area contributed by atoms with Crippen LogP contribution in [0.5, 0.6) is 0 Å². The Balaban J connectivity index is 1.53. The summed E-state index contributed by atoms with van der Waals surface area (Å²) in [5.41, 5.74) is 0.799. The van der Waals surface area contributed by atoms with Gasteiger partial charge in [0.05, 0.1) is 12.9 Å². The van der Waals surface area contributed by atoms with Crippen molar-refractivity contribution in [1.82, 2.24) is 24.6 Å². The lowest BCUT2D eigenvalue weighted by molar-refractivity contribution is 0.166. The molecular formula is C15H21N5OS. The van der Waals surface area contributed by atoms with E-state index in [1.54, 1.807) is 28.4 Å². The molecule has 7 heteroatoms. The molecule has 0 bridgehead atoms. The standard InChI is InChI=1S/C15H21N5OS/c1-11-7-16-10-20(15(11)21)8-13-3-5-19(6-4-13)9-14-18-17-12(2)22-14/h7,10,13H,3-6,8-9H2,1-2H3. The third-order valence-corrected chi connectivity index (χ3v) is 4.98. The smallest absolute Gasteiger partial charge is 0.256 e. The van der Waals surface area contributed by atoms with Gasteiger partial charge in [-0.1, -0.05) is 0 Å². The number of aryl methyl sites for hydroxylation is 2. The molecule has 1 aliphatic heterocycles. The first-order valence-corrected chi connectivity index (χ1v) is 8.46. The first kappa shape index (κ1) is 15.3. The first-order valence-electron chi connectivity index (χ1n) is 7.64. The molecule has 0 atom stereocenters. The summed E-state index contributed by atoms with van der Waals surface area (Å²) in [6.07, 6.45) is 5.51. The fourth-order valence-corrected chi connectivity index (χ4v) is 3.64. The Labute approximate surface area is 133 Å². The van der Waals surface area contributed by atoms with Crippen LogP contribution in [0.25, 0.3) is 0 Å². The van der Waals surface area contributed by atoms with E-state index in [-0.39, 0.29) is 5.56 Å². The van der Waals surface area contributed by atoms with E-state index in [1.807, 2.05) is 13.8 Å². The highest BCUT2D eigenvalue weighted by atomic mass is 32.1. The summed E-state index contributed by atoms with van der Waals surface area (Å²) in [5, 5.41) is 10.4. The zero-order valence-corrected chi connectivity index (χ0v) is 13.8. The van der Waals surface area contributed by atoms with E-state index in [0.717, 1.165) is 49.0 Å². The molecule has 0 aromatic carbocycles. The van der Waals surface area contributed by atoms with Crippen LogP contribution in [0.3, 0.4) is 0 Å². The molecule has 0 aliphatic carbocycles. The molecule has 0 amide bonds. The predicted octanol–water partition coefficient (Wildman–Crippen LogP) is 1.62. The van der Waals surface area contributed by atoms with Gasteiger partial charge in [-0.2, -0.15) is 0 Å². The number of rotatable bonds is 4. The lowest BCUT2D eigenvalue weighted by atomic mass is 9.96. The maximum atomic E-state index is 12.0. The molecule has 22 heavy (non-hydrogen) atoms. The van der Waals surface area contributed by atoms with E-state index < -0.39 is 0 Å². The second kappa shape index (κ2) is 6.66. The molecule has 118 valence electrons. The Morgan fingerprint density at radius 1 is 1.27 bits per heavy atom. The molecule has 3 rings (SSSR count). The Hall–Kier alpha value is -1.60. The zero-order valence-electron chi connectivity index (χ0n) is 13.0. The normalized spacial score (nSPS) is 17.0. The minimum atomic E-state index is 0.0850. The van der Waals surface area contributed by atoms with Gasteiger partial charge in [-0.15, -0.1) is 21.5 Å². The van der Waals surface area contributed by atoms with Crippen molar-refractivity contribution in [1.29, 1.82) is 0 Å². The summed E-state index contributed by atoms with van der Waals surface area (Å²) in [5.74, 6) is 0.550. The lowest BCUT2D eigenvalue weighted by Gasteiger charge is -2.31.